The Morgan fingerprint density at radius 1 is 1.09 bits per heavy atom. The first-order valence-corrected chi connectivity index (χ1v) is 19.8. The van der Waals surface area contributed by atoms with Crippen molar-refractivity contribution < 1.29 is 51.0 Å². The zero-order chi connectivity index (χ0) is 39.7. The van der Waals surface area contributed by atoms with Crippen molar-refractivity contribution in [2.24, 2.45) is 5.92 Å². The summed E-state index contributed by atoms with van der Waals surface area (Å²) in [7, 11) is -3.93. The molecule has 5 amide bonds. The van der Waals surface area contributed by atoms with E-state index in [2.05, 4.69) is 15.4 Å². The van der Waals surface area contributed by atoms with Crippen LogP contribution in [0.3, 0.4) is 0 Å². The normalized spacial score (nSPS) is 23.8. The van der Waals surface area contributed by atoms with Gasteiger partial charge in [0.05, 0.1) is 18.3 Å². The lowest BCUT2D eigenvalue weighted by molar-refractivity contribution is -0.141. The van der Waals surface area contributed by atoms with Gasteiger partial charge >= 0.3 is 12.2 Å². The Morgan fingerprint density at radius 3 is 2.39 bits per heavy atom. The Balaban J connectivity index is 1.39. The van der Waals surface area contributed by atoms with Crippen molar-refractivity contribution in [1.29, 1.82) is 0 Å². The fraction of sp³-hybridized carbons (Fsp3) is 0.622. The number of rotatable bonds is 13. The van der Waals surface area contributed by atoms with E-state index in [1.54, 1.807) is 53.7 Å². The molecule has 2 aliphatic heterocycles. The summed E-state index contributed by atoms with van der Waals surface area (Å²) in [5, 5.41) is 4.59. The molecule has 3 fully saturated rings. The fourth-order valence-electron chi connectivity index (χ4n) is 6.99. The largest absolute Gasteiger partial charge is 0.444 e. The maximum absolute atomic E-state index is 14.4. The number of nitrogens with zero attached hydrogens (tertiary/aromatic N) is 2. The van der Waals surface area contributed by atoms with Gasteiger partial charge in [-0.2, -0.15) is 0 Å². The molecule has 0 spiro atoms. The molecule has 4 aliphatic rings. The third-order valence-corrected chi connectivity index (χ3v) is 11.8. The van der Waals surface area contributed by atoms with Gasteiger partial charge in [0.15, 0.2) is 5.78 Å². The second-order valence-corrected chi connectivity index (χ2v) is 17.8. The zero-order valence-electron chi connectivity index (χ0n) is 31.5. The van der Waals surface area contributed by atoms with E-state index in [0.717, 1.165) is 10.5 Å². The molecule has 0 bridgehead atoms. The molecule has 5 rings (SSSR count). The van der Waals surface area contributed by atoms with Crippen molar-refractivity contribution in [2.45, 2.75) is 134 Å². The molecule has 296 valence electrons. The van der Waals surface area contributed by atoms with Crippen molar-refractivity contribution in [2.75, 3.05) is 6.54 Å². The topological polar surface area (TPSA) is 198 Å². The van der Waals surface area contributed by atoms with Gasteiger partial charge in [-0.1, -0.05) is 31.1 Å². The first-order chi connectivity index (χ1) is 25.2. The SMILES string of the molecule is CC[C@@H]1C[C@]1(NC(=O)C1C[C@@H](OC(=O)N2Cc3cccc(F)c3C2)CN1C(=O)[C@H](CCC(=O)C=C(C)C)NC(=O)OC(C)(C)C)C(=O)NS(=O)(=O)C1CC1. The number of hydrogen-bond acceptors (Lipinski definition) is 10. The first kappa shape index (κ1) is 40.6. The number of benzene rings is 1. The van der Waals surface area contributed by atoms with Crippen LogP contribution < -0.4 is 15.4 Å². The maximum atomic E-state index is 14.4. The lowest BCUT2D eigenvalue weighted by Gasteiger charge is -2.30. The Hall–Kier alpha value is -4.54. The molecule has 15 nitrogen and oxygen atoms in total. The highest BCUT2D eigenvalue weighted by molar-refractivity contribution is 7.91. The van der Waals surface area contributed by atoms with Crippen molar-refractivity contribution in [3.63, 3.8) is 0 Å². The number of hydrogen-bond donors (Lipinski definition) is 3. The van der Waals surface area contributed by atoms with E-state index in [1.807, 2.05) is 0 Å². The highest BCUT2D eigenvalue weighted by atomic mass is 32.2. The monoisotopic (exact) mass is 775 g/mol. The van der Waals surface area contributed by atoms with Gasteiger partial charge in [0.2, 0.25) is 21.8 Å². The molecule has 54 heavy (non-hydrogen) atoms. The molecule has 0 aromatic heterocycles. The second kappa shape index (κ2) is 15.7. The number of likely N-dealkylation sites (tertiary alicyclic amines) is 1. The van der Waals surface area contributed by atoms with Crippen molar-refractivity contribution >= 4 is 45.7 Å². The molecular formula is C37H50FN5O10S. The minimum Gasteiger partial charge on any atom is -0.444 e. The summed E-state index contributed by atoms with van der Waals surface area (Å²) in [4.78, 5) is 83.4. The number of ether oxygens (including phenoxy) is 2. The average Bonchev–Trinajstić information content (AvgIpc) is 3.96. The van der Waals surface area contributed by atoms with E-state index in [0.29, 0.717) is 30.4 Å². The number of alkyl carbamates (subject to hydrolysis) is 1. The lowest BCUT2D eigenvalue weighted by atomic mass is 10.0. The molecule has 5 atom stereocenters. The highest BCUT2D eigenvalue weighted by Gasteiger charge is 2.62. The number of halogens is 1. The quantitative estimate of drug-likeness (QED) is 0.250. The van der Waals surface area contributed by atoms with Crippen LogP contribution in [-0.2, 0) is 51.8 Å². The van der Waals surface area contributed by atoms with E-state index >= 15 is 0 Å². The molecule has 0 radical (unpaired) electrons. The van der Waals surface area contributed by atoms with Gasteiger partial charge in [0, 0.05) is 24.9 Å². The number of amides is 5. The molecule has 2 aliphatic carbocycles. The molecule has 3 N–H and O–H groups in total. The van der Waals surface area contributed by atoms with Gasteiger partial charge in [-0.3, -0.25) is 28.8 Å². The second-order valence-electron chi connectivity index (χ2n) is 15.9. The van der Waals surface area contributed by atoms with Crippen LogP contribution in [0.2, 0.25) is 0 Å². The van der Waals surface area contributed by atoms with Gasteiger partial charge in [-0.25, -0.2) is 22.4 Å². The van der Waals surface area contributed by atoms with Crippen molar-refractivity contribution in [3.05, 3.63) is 46.8 Å². The van der Waals surface area contributed by atoms with Crippen LogP contribution in [0.5, 0.6) is 0 Å². The number of ketones is 1. The molecular weight excluding hydrogens is 725 g/mol. The summed E-state index contributed by atoms with van der Waals surface area (Å²) in [6, 6.07) is 1.86. The molecule has 2 saturated carbocycles. The summed E-state index contributed by atoms with van der Waals surface area (Å²) in [6.45, 7) is 9.95. The Kier molecular flexibility index (Phi) is 11.8. The van der Waals surface area contributed by atoms with Crippen LogP contribution in [0.1, 0.15) is 97.6 Å². The van der Waals surface area contributed by atoms with Gasteiger partial charge in [0.1, 0.15) is 35.1 Å². The number of nitrogens with one attached hydrogen (secondary N) is 3. The third kappa shape index (κ3) is 9.57. The summed E-state index contributed by atoms with van der Waals surface area (Å²) >= 11 is 0. The number of fused-ring (bicyclic) bond motifs is 1. The van der Waals surface area contributed by atoms with E-state index in [1.165, 1.54) is 17.0 Å². The van der Waals surface area contributed by atoms with Gasteiger partial charge in [-0.05, 0) is 83.9 Å². The zero-order valence-corrected chi connectivity index (χ0v) is 32.3. The average molecular weight is 776 g/mol. The predicted octanol–water partition coefficient (Wildman–Crippen LogP) is 3.35. The Labute approximate surface area is 314 Å². The minimum absolute atomic E-state index is 0.0402. The predicted molar refractivity (Wildman–Crippen MR) is 192 cm³/mol. The molecule has 1 aromatic carbocycles. The molecule has 2 heterocycles. The van der Waals surface area contributed by atoms with Crippen LogP contribution in [-0.4, -0.2) is 95.0 Å². The molecule has 17 heteroatoms. The molecule has 1 aromatic rings. The van der Waals surface area contributed by atoms with E-state index in [4.69, 9.17) is 9.47 Å². The first-order valence-electron chi connectivity index (χ1n) is 18.3. The number of allylic oxidation sites excluding steroid dienone is 2. The van der Waals surface area contributed by atoms with E-state index in [9.17, 15) is 41.6 Å². The summed E-state index contributed by atoms with van der Waals surface area (Å²) < 4.78 is 53.1. The number of sulfonamides is 1. The van der Waals surface area contributed by atoms with Gasteiger partial charge in [0.25, 0.3) is 5.91 Å². The third-order valence-electron chi connectivity index (χ3n) is 9.97. The van der Waals surface area contributed by atoms with E-state index in [-0.39, 0.29) is 57.0 Å². The number of carbonyl (C=O) groups is 6. The summed E-state index contributed by atoms with van der Waals surface area (Å²) in [5.41, 5.74) is -0.760. The van der Waals surface area contributed by atoms with Crippen molar-refractivity contribution in [3.8, 4) is 0 Å². The van der Waals surface area contributed by atoms with Crippen LogP contribution in [0.4, 0.5) is 14.0 Å². The minimum atomic E-state index is -3.93. The summed E-state index contributed by atoms with van der Waals surface area (Å²) in [5.74, 6) is -3.55. The van der Waals surface area contributed by atoms with Gasteiger partial charge < -0.3 is 25.0 Å². The van der Waals surface area contributed by atoms with Crippen LogP contribution in [0, 0.1) is 11.7 Å². The maximum Gasteiger partial charge on any atom is 0.410 e. The number of carbonyl (C=O) groups excluding carboxylic acids is 6. The fourth-order valence-corrected chi connectivity index (χ4v) is 8.35. The van der Waals surface area contributed by atoms with Gasteiger partial charge in [-0.15, -0.1) is 0 Å². The standard InChI is InChI=1S/C37H50FN5O10S/c1-7-23-17-37(23,33(47)41-54(50,51)26-12-13-26)40-31(45)30-16-25(52-35(49)42-18-22-9-8-10-28(38)27(22)20-42)19-43(30)32(46)29(14-11-24(44)15-21(2)3)39-34(48)53-36(4,5)6/h8-10,15,23,25-26,29-30H,7,11-14,16-20H2,1-6H3,(H,39,48)(H,40,45)(H,41,47)/t23-,25-,29+,30?,37-/m1/s1. The molecule has 1 unspecified atom stereocenters. The smallest absolute Gasteiger partial charge is 0.410 e. The molecule has 1 saturated heterocycles. The van der Waals surface area contributed by atoms with Crippen molar-refractivity contribution in [1.82, 2.24) is 25.2 Å². The lowest BCUT2D eigenvalue weighted by Crippen LogP contribution is -2.58. The summed E-state index contributed by atoms with van der Waals surface area (Å²) in [6.07, 6.45) is -0.389. The Bertz CT molecular complexity index is 1840. The van der Waals surface area contributed by atoms with Crippen LogP contribution in [0.25, 0.3) is 0 Å². The van der Waals surface area contributed by atoms with Crippen LogP contribution in [0.15, 0.2) is 29.8 Å². The van der Waals surface area contributed by atoms with E-state index < -0.39 is 80.3 Å². The Morgan fingerprint density at radius 2 is 1.80 bits per heavy atom. The van der Waals surface area contributed by atoms with Crippen LogP contribution >= 0.6 is 0 Å². The highest BCUT2D eigenvalue weighted by Crippen LogP contribution is 2.47.